The number of fused-ring (bicyclic) bond motifs is 1. The summed E-state index contributed by atoms with van der Waals surface area (Å²) >= 11 is 0. The van der Waals surface area contributed by atoms with Gasteiger partial charge in [-0.2, -0.15) is 10.1 Å². The Morgan fingerprint density at radius 2 is 1.92 bits per heavy atom. The quantitative estimate of drug-likeness (QED) is 0.912. The van der Waals surface area contributed by atoms with Gasteiger partial charge < -0.3 is 10.2 Å². The molecule has 0 spiro atoms. The highest BCUT2D eigenvalue weighted by atomic mass is 19.1. The maximum absolute atomic E-state index is 13.4. The first-order valence-electron chi connectivity index (χ1n) is 8.57. The van der Waals surface area contributed by atoms with E-state index in [1.165, 1.54) is 18.5 Å². The zero-order valence-electron chi connectivity index (χ0n) is 14.1. The lowest BCUT2D eigenvalue weighted by atomic mass is 9.94. The van der Waals surface area contributed by atoms with Gasteiger partial charge in [0.15, 0.2) is 0 Å². The summed E-state index contributed by atoms with van der Waals surface area (Å²) in [5.74, 6) is 0.295. The second-order valence-electron chi connectivity index (χ2n) is 6.50. The minimum absolute atomic E-state index is 0.0141. The largest absolute Gasteiger partial charge is 0.339 e. The van der Waals surface area contributed by atoms with Crippen LogP contribution in [0.15, 0.2) is 41.9 Å². The second kappa shape index (κ2) is 6.31. The molecule has 1 saturated heterocycles. The van der Waals surface area contributed by atoms with Crippen LogP contribution >= 0.6 is 0 Å². The molecule has 2 aliphatic rings. The fourth-order valence-electron chi connectivity index (χ4n) is 3.59. The highest BCUT2D eigenvalue weighted by Crippen LogP contribution is 2.35. The molecule has 0 aliphatic carbocycles. The summed E-state index contributed by atoms with van der Waals surface area (Å²) in [6.07, 6.45) is 4.68. The third-order valence-electron chi connectivity index (χ3n) is 4.85. The predicted octanol–water partition coefficient (Wildman–Crippen LogP) is 2.72. The zero-order valence-corrected chi connectivity index (χ0v) is 14.1. The molecule has 25 heavy (non-hydrogen) atoms. The van der Waals surface area contributed by atoms with E-state index in [-0.39, 0.29) is 11.7 Å². The Labute approximate surface area is 145 Å². The van der Waals surface area contributed by atoms with Crippen LogP contribution in [0.4, 0.5) is 10.3 Å². The molecular weight excluding hydrogens is 321 g/mol. The first-order chi connectivity index (χ1) is 12.1. The molecule has 0 saturated carbocycles. The minimum atomic E-state index is -0.409. The summed E-state index contributed by atoms with van der Waals surface area (Å²) in [6.45, 7) is 3.43. The van der Waals surface area contributed by atoms with Crippen LogP contribution in [0.2, 0.25) is 0 Å². The zero-order chi connectivity index (χ0) is 17.4. The summed E-state index contributed by atoms with van der Waals surface area (Å²) < 4.78 is 15.1. The maximum atomic E-state index is 13.4. The standard InChI is InChI=1S/C18H20FN5O/c1-12-15(17(25)23-9-3-2-4-10-23)16(13-5-7-14(19)8-6-13)24-18(22-12)20-11-21-24/h5-8,11,16H,2-4,9-10H2,1H3,(H,20,21,22)/t16-/m1/s1. The molecule has 1 aromatic heterocycles. The topological polar surface area (TPSA) is 63.1 Å². The Balaban J connectivity index is 1.78. The Bertz CT molecular complexity index is 820. The number of anilines is 1. The molecular formula is C18H20FN5O. The van der Waals surface area contributed by atoms with E-state index in [1.54, 1.807) is 16.8 Å². The van der Waals surface area contributed by atoms with Crippen LogP contribution in [0.5, 0.6) is 0 Å². The van der Waals surface area contributed by atoms with E-state index in [9.17, 15) is 9.18 Å². The second-order valence-corrected chi connectivity index (χ2v) is 6.50. The van der Waals surface area contributed by atoms with Crippen molar-refractivity contribution in [1.29, 1.82) is 0 Å². The first kappa shape index (κ1) is 15.8. The number of halogens is 1. The molecule has 0 unspecified atom stereocenters. The Morgan fingerprint density at radius 1 is 1.20 bits per heavy atom. The average Bonchev–Trinajstić information content (AvgIpc) is 3.09. The number of piperidine rings is 1. The molecule has 2 aromatic rings. The number of aromatic nitrogens is 3. The molecule has 0 bridgehead atoms. The molecule has 1 N–H and O–H groups in total. The number of nitrogens with zero attached hydrogens (tertiary/aromatic N) is 4. The van der Waals surface area contributed by atoms with Gasteiger partial charge in [-0.25, -0.2) is 9.07 Å². The number of likely N-dealkylation sites (tertiary alicyclic amines) is 1. The number of hydrogen-bond acceptors (Lipinski definition) is 4. The highest BCUT2D eigenvalue weighted by Gasteiger charge is 2.35. The predicted molar refractivity (Wildman–Crippen MR) is 91.3 cm³/mol. The highest BCUT2D eigenvalue weighted by molar-refractivity contribution is 5.96. The van der Waals surface area contributed by atoms with Gasteiger partial charge in [-0.15, -0.1) is 0 Å². The number of rotatable bonds is 2. The van der Waals surface area contributed by atoms with Crippen molar-refractivity contribution in [3.63, 3.8) is 0 Å². The molecule has 1 aromatic carbocycles. The fraction of sp³-hybridized carbons (Fsp3) is 0.389. The van der Waals surface area contributed by atoms with Gasteiger partial charge in [0.2, 0.25) is 5.95 Å². The van der Waals surface area contributed by atoms with Crippen molar-refractivity contribution in [1.82, 2.24) is 19.7 Å². The van der Waals surface area contributed by atoms with Crippen LogP contribution in [0, 0.1) is 5.82 Å². The van der Waals surface area contributed by atoms with Gasteiger partial charge >= 0.3 is 0 Å². The van der Waals surface area contributed by atoms with Crippen molar-refractivity contribution in [3.8, 4) is 0 Å². The Morgan fingerprint density at radius 3 is 2.64 bits per heavy atom. The fourth-order valence-corrected chi connectivity index (χ4v) is 3.59. The van der Waals surface area contributed by atoms with Crippen molar-refractivity contribution in [2.45, 2.75) is 32.2 Å². The molecule has 1 fully saturated rings. The average molecular weight is 341 g/mol. The number of carbonyl (C=O) groups excluding carboxylic acids is 1. The minimum Gasteiger partial charge on any atom is -0.339 e. The lowest BCUT2D eigenvalue weighted by Gasteiger charge is -2.33. The van der Waals surface area contributed by atoms with E-state index in [4.69, 9.17) is 0 Å². The summed E-state index contributed by atoms with van der Waals surface area (Å²) in [6, 6.07) is 5.81. The van der Waals surface area contributed by atoms with Crippen LogP contribution in [0.1, 0.15) is 37.8 Å². The van der Waals surface area contributed by atoms with E-state index < -0.39 is 6.04 Å². The molecule has 3 heterocycles. The Kier molecular flexibility index (Phi) is 3.99. The smallest absolute Gasteiger partial charge is 0.254 e. The van der Waals surface area contributed by atoms with Gasteiger partial charge in [0, 0.05) is 18.8 Å². The summed E-state index contributed by atoms with van der Waals surface area (Å²) in [5, 5.41) is 7.46. The van der Waals surface area contributed by atoms with Crippen LogP contribution in [0.3, 0.4) is 0 Å². The SMILES string of the molecule is CC1=C(C(=O)N2CCCCC2)[C@@H](c2ccc(F)cc2)n2ncnc2N1. The van der Waals surface area contributed by atoms with Gasteiger partial charge in [0.05, 0.1) is 5.57 Å². The van der Waals surface area contributed by atoms with E-state index in [1.807, 2.05) is 11.8 Å². The normalized spacial score (nSPS) is 20.2. The van der Waals surface area contributed by atoms with Gasteiger partial charge in [0.25, 0.3) is 5.91 Å². The molecule has 1 atom stereocenters. The number of allylic oxidation sites excluding steroid dienone is 1. The van der Waals surface area contributed by atoms with Crippen molar-refractivity contribution >= 4 is 11.9 Å². The maximum Gasteiger partial charge on any atom is 0.254 e. The lowest BCUT2D eigenvalue weighted by Crippen LogP contribution is -2.41. The molecule has 130 valence electrons. The lowest BCUT2D eigenvalue weighted by molar-refractivity contribution is -0.128. The molecule has 1 amide bonds. The third kappa shape index (κ3) is 2.79. The number of hydrogen-bond donors (Lipinski definition) is 1. The number of nitrogens with one attached hydrogen (secondary N) is 1. The summed E-state index contributed by atoms with van der Waals surface area (Å²) in [5.41, 5.74) is 2.23. The third-order valence-corrected chi connectivity index (χ3v) is 4.85. The van der Waals surface area contributed by atoms with Crippen molar-refractivity contribution in [2.24, 2.45) is 0 Å². The molecule has 7 heteroatoms. The first-order valence-corrected chi connectivity index (χ1v) is 8.57. The van der Waals surface area contributed by atoms with E-state index in [0.29, 0.717) is 11.5 Å². The summed E-state index contributed by atoms with van der Waals surface area (Å²) in [7, 11) is 0. The van der Waals surface area contributed by atoms with Gasteiger partial charge in [0.1, 0.15) is 18.2 Å². The Hall–Kier alpha value is -2.70. The number of carbonyl (C=O) groups is 1. The van der Waals surface area contributed by atoms with Crippen LogP contribution in [-0.2, 0) is 4.79 Å². The monoisotopic (exact) mass is 341 g/mol. The number of benzene rings is 1. The molecule has 2 aliphatic heterocycles. The van der Waals surface area contributed by atoms with Crippen molar-refractivity contribution in [2.75, 3.05) is 18.4 Å². The van der Waals surface area contributed by atoms with Crippen molar-refractivity contribution < 1.29 is 9.18 Å². The van der Waals surface area contributed by atoms with Gasteiger partial charge in [-0.1, -0.05) is 12.1 Å². The van der Waals surface area contributed by atoms with Crippen molar-refractivity contribution in [3.05, 3.63) is 53.2 Å². The van der Waals surface area contributed by atoms with E-state index >= 15 is 0 Å². The van der Waals surface area contributed by atoms with Crippen LogP contribution in [-0.4, -0.2) is 38.7 Å². The van der Waals surface area contributed by atoms with Crippen LogP contribution in [0.25, 0.3) is 0 Å². The molecule has 6 nitrogen and oxygen atoms in total. The van der Waals surface area contributed by atoms with E-state index in [0.717, 1.165) is 43.6 Å². The summed E-state index contributed by atoms with van der Waals surface area (Å²) in [4.78, 5) is 19.4. The van der Waals surface area contributed by atoms with Gasteiger partial charge in [-0.05, 0) is 43.9 Å². The number of amides is 1. The molecule has 4 rings (SSSR count). The van der Waals surface area contributed by atoms with E-state index in [2.05, 4.69) is 15.4 Å². The molecule has 0 radical (unpaired) electrons. The van der Waals surface area contributed by atoms with Crippen LogP contribution < -0.4 is 5.32 Å². The van der Waals surface area contributed by atoms with Gasteiger partial charge in [-0.3, -0.25) is 4.79 Å².